The fraction of sp³-hybridized carbons (Fsp3) is 0.471. The van der Waals surface area contributed by atoms with Gasteiger partial charge in [0.15, 0.2) is 11.5 Å². The standard InChI is InChI=1S/C17H23N3O2/c1-4-19-10-8-13(12-19)20-11-9-18-17(20)14-6-5-7-15(21-2)16(14)22-3/h5-7,9,11,13H,4,8,10,12H2,1-3H3. The molecule has 1 aliphatic rings. The minimum Gasteiger partial charge on any atom is -0.493 e. The van der Waals surface area contributed by atoms with Gasteiger partial charge in [-0.2, -0.15) is 0 Å². The summed E-state index contributed by atoms with van der Waals surface area (Å²) in [4.78, 5) is 7.04. The highest BCUT2D eigenvalue weighted by Crippen LogP contribution is 2.38. The molecule has 1 aromatic carbocycles. The molecular formula is C17H23N3O2. The summed E-state index contributed by atoms with van der Waals surface area (Å²) in [5.74, 6) is 2.41. The van der Waals surface area contributed by atoms with E-state index in [9.17, 15) is 0 Å². The van der Waals surface area contributed by atoms with Gasteiger partial charge < -0.3 is 18.9 Å². The Morgan fingerprint density at radius 1 is 1.27 bits per heavy atom. The van der Waals surface area contributed by atoms with Crippen LogP contribution in [0.15, 0.2) is 30.6 Å². The van der Waals surface area contributed by atoms with Gasteiger partial charge in [-0.05, 0) is 25.1 Å². The molecule has 1 fully saturated rings. The number of methoxy groups -OCH3 is 2. The molecule has 0 spiro atoms. The Bertz CT molecular complexity index is 639. The second-order valence-electron chi connectivity index (χ2n) is 5.53. The number of hydrogen-bond acceptors (Lipinski definition) is 4. The van der Waals surface area contributed by atoms with Gasteiger partial charge in [-0.1, -0.05) is 13.0 Å². The lowest BCUT2D eigenvalue weighted by Crippen LogP contribution is -2.21. The van der Waals surface area contributed by atoms with Gasteiger partial charge in [-0.25, -0.2) is 4.98 Å². The van der Waals surface area contributed by atoms with Crippen molar-refractivity contribution in [2.24, 2.45) is 0 Å². The highest BCUT2D eigenvalue weighted by Gasteiger charge is 2.26. The Labute approximate surface area is 131 Å². The minimum atomic E-state index is 0.466. The Hall–Kier alpha value is -2.01. The number of imidazole rings is 1. The first-order valence-electron chi connectivity index (χ1n) is 7.75. The van der Waals surface area contributed by atoms with E-state index < -0.39 is 0 Å². The molecule has 1 saturated heterocycles. The normalized spacial score (nSPS) is 18.6. The van der Waals surface area contributed by atoms with Crippen molar-refractivity contribution >= 4 is 0 Å². The van der Waals surface area contributed by atoms with E-state index in [-0.39, 0.29) is 0 Å². The Kier molecular flexibility index (Phi) is 4.34. The molecule has 0 saturated carbocycles. The molecule has 0 aliphatic carbocycles. The lowest BCUT2D eigenvalue weighted by molar-refractivity contribution is 0.341. The molecule has 5 heteroatoms. The predicted octanol–water partition coefficient (Wildman–Crippen LogP) is 2.83. The summed E-state index contributed by atoms with van der Waals surface area (Å²) in [6.45, 7) is 5.53. The van der Waals surface area contributed by atoms with Crippen LogP contribution in [0.2, 0.25) is 0 Å². The molecule has 3 rings (SSSR count). The molecule has 0 N–H and O–H groups in total. The Morgan fingerprint density at radius 3 is 2.82 bits per heavy atom. The summed E-state index contributed by atoms with van der Waals surface area (Å²) in [7, 11) is 3.33. The van der Waals surface area contributed by atoms with Crippen LogP contribution in [0.25, 0.3) is 11.4 Å². The molecule has 22 heavy (non-hydrogen) atoms. The second-order valence-corrected chi connectivity index (χ2v) is 5.53. The topological polar surface area (TPSA) is 39.5 Å². The fourth-order valence-electron chi connectivity index (χ4n) is 3.21. The molecule has 118 valence electrons. The zero-order valence-electron chi connectivity index (χ0n) is 13.5. The van der Waals surface area contributed by atoms with Crippen molar-refractivity contribution < 1.29 is 9.47 Å². The summed E-state index contributed by atoms with van der Waals surface area (Å²) < 4.78 is 13.2. The average Bonchev–Trinajstić information content (AvgIpc) is 3.22. The van der Waals surface area contributed by atoms with Gasteiger partial charge >= 0.3 is 0 Å². The largest absolute Gasteiger partial charge is 0.493 e. The highest BCUT2D eigenvalue weighted by atomic mass is 16.5. The predicted molar refractivity (Wildman–Crippen MR) is 86.5 cm³/mol. The van der Waals surface area contributed by atoms with Crippen molar-refractivity contribution in [3.05, 3.63) is 30.6 Å². The van der Waals surface area contributed by atoms with Crippen molar-refractivity contribution in [1.82, 2.24) is 14.5 Å². The first-order valence-corrected chi connectivity index (χ1v) is 7.75. The summed E-state index contributed by atoms with van der Waals surface area (Å²) in [5.41, 5.74) is 0.974. The number of rotatable bonds is 5. The molecule has 2 aromatic rings. The molecule has 1 unspecified atom stereocenters. The molecular weight excluding hydrogens is 278 g/mol. The summed E-state index contributed by atoms with van der Waals surface area (Å²) in [6.07, 6.45) is 5.09. The van der Waals surface area contributed by atoms with Crippen molar-refractivity contribution in [3.8, 4) is 22.9 Å². The molecule has 2 heterocycles. The first kappa shape index (κ1) is 14.9. The molecule has 0 radical (unpaired) electrons. The number of likely N-dealkylation sites (N-methyl/N-ethyl adjacent to an activating group) is 1. The number of aromatic nitrogens is 2. The van der Waals surface area contributed by atoms with E-state index in [2.05, 4.69) is 27.6 Å². The smallest absolute Gasteiger partial charge is 0.171 e. The molecule has 1 atom stereocenters. The van der Waals surface area contributed by atoms with Gasteiger partial charge in [0.2, 0.25) is 0 Å². The lowest BCUT2D eigenvalue weighted by Gasteiger charge is -2.18. The van der Waals surface area contributed by atoms with Crippen LogP contribution >= 0.6 is 0 Å². The number of ether oxygens (including phenoxy) is 2. The monoisotopic (exact) mass is 301 g/mol. The van der Waals surface area contributed by atoms with Crippen molar-refractivity contribution in [3.63, 3.8) is 0 Å². The van der Waals surface area contributed by atoms with Gasteiger partial charge in [0.1, 0.15) is 5.82 Å². The number of nitrogens with zero attached hydrogens (tertiary/aromatic N) is 3. The molecule has 5 nitrogen and oxygen atoms in total. The van der Waals surface area contributed by atoms with Crippen LogP contribution in [0.3, 0.4) is 0 Å². The third kappa shape index (κ3) is 2.57. The van der Waals surface area contributed by atoms with Gasteiger partial charge in [-0.3, -0.25) is 0 Å². The SMILES string of the molecule is CCN1CCC(n2ccnc2-c2cccc(OC)c2OC)C1. The Morgan fingerprint density at radius 2 is 2.14 bits per heavy atom. The molecule has 0 amide bonds. The van der Waals surface area contributed by atoms with E-state index in [0.717, 1.165) is 48.9 Å². The van der Waals surface area contributed by atoms with Crippen molar-refractivity contribution in [2.45, 2.75) is 19.4 Å². The van der Waals surface area contributed by atoms with E-state index >= 15 is 0 Å². The maximum atomic E-state index is 5.56. The molecule has 1 aliphatic heterocycles. The van der Waals surface area contributed by atoms with Crippen molar-refractivity contribution in [1.29, 1.82) is 0 Å². The van der Waals surface area contributed by atoms with Gasteiger partial charge in [0, 0.05) is 31.5 Å². The highest BCUT2D eigenvalue weighted by molar-refractivity contribution is 5.69. The van der Waals surface area contributed by atoms with Crippen LogP contribution in [0.1, 0.15) is 19.4 Å². The molecule has 0 bridgehead atoms. The van der Waals surface area contributed by atoms with Gasteiger partial charge in [0.05, 0.1) is 19.8 Å². The summed E-state index contributed by atoms with van der Waals surface area (Å²) in [6, 6.07) is 6.38. The van der Waals surface area contributed by atoms with Crippen LogP contribution in [-0.4, -0.2) is 48.3 Å². The van der Waals surface area contributed by atoms with E-state index in [0.29, 0.717) is 6.04 Å². The number of para-hydroxylation sites is 1. The van der Waals surface area contributed by atoms with Crippen molar-refractivity contribution in [2.75, 3.05) is 33.9 Å². The zero-order chi connectivity index (χ0) is 15.5. The van der Waals surface area contributed by atoms with Crippen LogP contribution in [0.5, 0.6) is 11.5 Å². The zero-order valence-corrected chi connectivity index (χ0v) is 13.5. The van der Waals surface area contributed by atoms with E-state index in [1.54, 1.807) is 14.2 Å². The average molecular weight is 301 g/mol. The van der Waals surface area contributed by atoms with Gasteiger partial charge in [0.25, 0.3) is 0 Å². The number of hydrogen-bond donors (Lipinski definition) is 0. The Balaban J connectivity index is 1.99. The van der Waals surface area contributed by atoms with E-state index in [1.807, 2.05) is 24.4 Å². The molecule has 1 aromatic heterocycles. The summed E-state index contributed by atoms with van der Waals surface area (Å²) >= 11 is 0. The number of benzene rings is 1. The first-order chi connectivity index (χ1) is 10.8. The van der Waals surface area contributed by atoms with Crippen LogP contribution in [-0.2, 0) is 0 Å². The second kappa shape index (κ2) is 6.40. The van der Waals surface area contributed by atoms with Crippen LogP contribution in [0, 0.1) is 0 Å². The third-order valence-corrected chi connectivity index (χ3v) is 4.40. The minimum absolute atomic E-state index is 0.466. The maximum Gasteiger partial charge on any atom is 0.171 e. The van der Waals surface area contributed by atoms with E-state index in [4.69, 9.17) is 9.47 Å². The van der Waals surface area contributed by atoms with Crippen LogP contribution in [0.4, 0.5) is 0 Å². The van der Waals surface area contributed by atoms with E-state index in [1.165, 1.54) is 0 Å². The van der Waals surface area contributed by atoms with Crippen LogP contribution < -0.4 is 9.47 Å². The quantitative estimate of drug-likeness (QED) is 0.851. The third-order valence-electron chi connectivity index (χ3n) is 4.40. The summed E-state index contributed by atoms with van der Waals surface area (Å²) in [5, 5.41) is 0. The maximum absolute atomic E-state index is 5.56. The van der Waals surface area contributed by atoms with Gasteiger partial charge in [-0.15, -0.1) is 0 Å². The lowest BCUT2D eigenvalue weighted by atomic mass is 10.1. The number of likely N-dealkylation sites (tertiary alicyclic amines) is 1. The fourth-order valence-corrected chi connectivity index (χ4v) is 3.21.